The first-order valence-corrected chi connectivity index (χ1v) is 10.6. The molecule has 0 unspecified atom stereocenters. The molecule has 0 aromatic heterocycles. The number of ketones is 1. The van der Waals surface area contributed by atoms with Crippen molar-refractivity contribution in [2.75, 3.05) is 26.4 Å². The summed E-state index contributed by atoms with van der Waals surface area (Å²) in [5.41, 5.74) is 0.189. The molecule has 146 valence electrons. The Hall–Kier alpha value is 0.190. The Balaban J connectivity index is 3.40. The molecule has 26 heavy (non-hydrogen) atoms. The van der Waals surface area contributed by atoms with Gasteiger partial charge < -0.3 is 30.8 Å². The van der Waals surface area contributed by atoms with E-state index in [1.165, 1.54) is 0 Å². The number of aliphatic hydroxyl groups excluding tert-OH is 4. The zero-order valence-corrected chi connectivity index (χ0v) is 19.8. The van der Waals surface area contributed by atoms with Gasteiger partial charge in [-0.2, -0.15) is 0 Å². The van der Waals surface area contributed by atoms with Gasteiger partial charge in [0, 0.05) is 34.7 Å². The maximum atomic E-state index is 12.6. The smallest absolute Gasteiger partial charge is 0.253 e. The maximum Gasteiger partial charge on any atom is 0.253 e. The molecule has 1 rings (SSSR count). The first-order chi connectivity index (χ1) is 12.2. The summed E-state index contributed by atoms with van der Waals surface area (Å²) in [4.78, 5) is 25.2. The zero-order valence-electron chi connectivity index (χ0n) is 13.4. The summed E-state index contributed by atoms with van der Waals surface area (Å²) in [5.74, 6) is -1.93. The molecule has 0 spiro atoms. The van der Waals surface area contributed by atoms with E-state index in [4.69, 9.17) is 10.2 Å². The summed E-state index contributed by atoms with van der Waals surface area (Å²) in [6, 6.07) is -0.872. The molecule has 0 fully saturated rings. The second-order valence-corrected chi connectivity index (χ2v) is 8.67. The van der Waals surface area contributed by atoms with E-state index in [1.54, 1.807) is 45.2 Å². The van der Waals surface area contributed by atoms with Gasteiger partial charge in [0.25, 0.3) is 5.91 Å². The average molecular weight is 705 g/mol. The number of halogens is 3. The van der Waals surface area contributed by atoms with Gasteiger partial charge in [-0.05, 0) is 67.8 Å². The van der Waals surface area contributed by atoms with Crippen molar-refractivity contribution in [3.05, 3.63) is 21.8 Å². The van der Waals surface area contributed by atoms with Crippen molar-refractivity contribution in [1.29, 1.82) is 0 Å². The molecule has 0 bridgehead atoms. The second kappa shape index (κ2) is 11.3. The molecule has 0 heterocycles. The lowest BCUT2D eigenvalue weighted by atomic mass is 9.97. The summed E-state index contributed by atoms with van der Waals surface area (Å²) < 4.78 is 0.815. The van der Waals surface area contributed by atoms with Crippen LogP contribution >= 0.6 is 67.8 Å². The van der Waals surface area contributed by atoms with Gasteiger partial charge in [-0.1, -0.05) is 0 Å². The number of aromatic hydroxyl groups is 1. The summed E-state index contributed by atoms with van der Waals surface area (Å²) in [6.45, 7) is -1.67. The molecule has 0 atom stereocenters. The Morgan fingerprint density at radius 1 is 0.846 bits per heavy atom. The molecular formula is C15H18I3NO7. The van der Waals surface area contributed by atoms with Crippen LogP contribution in [0.15, 0.2) is 0 Å². The molecule has 0 saturated carbocycles. The number of phenols is 1. The van der Waals surface area contributed by atoms with Crippen LogP contribution in [0, 0.1) is 16.6 Å². The Kier molecular flexibility index (Phi) is 10.5. The van der Waals surface area contributed by atoms with E-state index in [0.717, 1.165) is 0 Å². The van der Waals surface area contributed by atoms with Crippen LogP contribution in [0.3, 0.4) is 0 Å². The van der Waals surface area contributed by atoms with Gasteiger partial charge in [0.2, 0.25) is 0 Å². The molecule has 0 aliphatic carbocycles. The molecule has 0 saturated heterocycles. The predicted octanol–water partition coefficient (Wildman–Crippen LogP) is 0.463. The average Bonchev–Trinajstić information content (AvgIpc) is 2.62. The van der Waals surface area contributed by atoms with Crippen molar-refractivity contribution in [3.63, 3.8) is 0 Å². The minimum Gasteiger partial charge on any atom is -0.506 e. The van der Waals surface area contributed by atoms with E-state index in [1.807, 2.05) is 22.6 Å². The Morgan fingerprint density at radius 3 is 1.81 bits per heavy atom. The van der Waals surface area contributed by atoms with E-state index >= 15 is 0 Å². The number of aliphatic hydroxyl groups is 4. The number of nitrogens with one attached hydrogen (secondary N) is 1. The molecule has 1 amide bonds. The SMILES string of the molecule is O=C(CC(CO)CO)c1c(I)c(O)c(I)c(C(=O)NC(CO)CO)c1I. The Morgan fingerprint density at radius 2 is 1.35 bits per heavy atom. The largest absolute Gasteiger partial charge is 0.506 e. The number of Topliss-reactive ketones (excluding diaryl/α,β-unsaturated/α-hetero) is 1. The normalized spacial score (nSPS) is 11.3. The van der Waals surface area contributed by atoms with Crippen molar-refractivity contribution in [2.24, 2.45) is 5.92 Å². The van der Waals surface area contributed by atoms with Gasteiger partial charge >= 0.3 is 0 Å². The molecule has 6 N–H and O–H groups in total. The third-order valence-corrected chi connectivity index (χ3v) is 6.75. The van der Waals surface area contributed by atoms with Gasteiger partial charge in [-0.25, -0.2) is 0 Å². The highest BCUT2D eigenvalue weighted by molar-refractivity contribution is 14.1. The third-order valence-electron chi connectivity index (χ3n) is 3.57. The van der Waals surface area contributed by atoms with E-state index in [-0.39, 0.29) is 43.7 Å². The summed E-state index contributed by atoms with van der Waals surface area (Å²) >= 11 is 5.42. The third kappa shape index (κ3) is 5.60. The number of hydrogen-bond donors (Lipinski definition) is 6. The van der Waals surface area contributed by atoms with Crippen LogP contribution in [-0.2, 0) is 0 Å². The highest BCUT2D eigenvalue weighted by Crippen LogP contribution is 2.37. The number of phenolic OH excluding ortho intramolecular Hbond substituents is 1. The van der Waals surface area contributed by atoms with Gasteiger partial charge in [-0.15, -0.1) is 0 Å². The number of hydrogen-bond acceptors (Lipinski definition) is 7. The topological polar surface area (TPSA) is 147 Å². The quantitative estimate of drug-likeness (QED) is 0.162. The molecule has 1 aromatic rings. The standard InChI is InChI=1S/C15H18I3NO7/c16-11-9(8(24)1-6(2-20)3-21)12(17)14(25)13(18)10(11)15(26)19-7(4-22)5-23/h6-7,20-23,25H,1-5H2,(H,19,26). The lowest BCUT2D eigenvalue weighted by molar-refractivity contribution is 0.0872. The van der Waals surface area contributed by atoms with E-state index in [0.29, 0.717) is 3.57 Å². The Labute approximate surface area is 190 Å². The minimum absolute atomic E-state index is 0.0592. The summed E-state index contributed by atoms with van der Waals surface area (Å²) in [5, 5.41) is 49.4. The molecule has 1 aromatic carbocycles. The van der Waals surface area contributed by atoms with E-state index in [9.17, 15) is 24.9 Å². The van der Waals surface area contributed by atoms with Crippen LogP contribution in [0.2, 0.25) is 0 Å². The van der Waals surface area contributed by atoms with Gasteiger partial charge in [0.15, 0.2) is 5.78 Å². The van der Waals surface area contributed by atoms with Crippen LogP contribution in [0.1, 0.15) is 27.1 Å². The second-order valence-electron chi connectivity index (χ2n) is 5.43. The maximum absolute atomic E-state index is 12.6. The van der Waals surface area contributed by atoms with Gasteiger partial charge in [-0.3, -0.25) is 9.59 Å². The predicted molar refractivity (Wildman–Crippen MR) is 118 cm³/mol. The molecule has 0 aliphatic heterocycles. The van der Waals surface area contributed by atoms with E-state index < -0.39 is 36.9 Å². The van der Waals surface area contributed by atoms with Crippen LogP contribution in [0.5, 0.6) is 5.75 Å². The molecular weight excluding hydrogens is 687 g/mol. The molecule has 0 aliphatic rings. The van der Waals surface area contributed by atoms with Gasteiger partial charge in [0.05, 0.1) is 32.0 Å². The van der Waals surface area contributed by atoms with Crippen LogP contribution in [-0.4, -0.2) is 69.7 Å². The first kappa shape index (κ1) is 24.2. The number of benzene rings is 1. The highest BCUT2D eigenvalue weighted by atomic mass is 127. The number of amides is 1. The summed E-state index contributed by atoms with van der Waals surface area (Å²) in [7, 11) is 0. The van der Waals surface area contributed by atoms with Crippen LogP contribution in [0.4, 0.5) is 0 Å². The van der Waals surface area contributed by atoms with Crippen molar-refractivity contribution >= 4 is 79.5 Å². The van der Waals surface area contributed by atoms with Crippen molar-refractivity contribution < 1.29 is 35.1 Å². The lowest BCUT2D eigenvalue weighted by Crippen LogP contribution is -2.41. The Bertz CT molecular complexity index is 623. The fourth-order valence-electron chi connectivity index (χ4n) is 2.05. The monoisotopic (exact) mass is 705 g/mol. The van der Waals surface area contributed by atoms with Crippen molar-refractivity contribution in [3.8, 4) is 5.75 Å². The summed E-state index contributed by atoms with van der Waals surface area (Å²) in [6.07, 6.45) is -0.143. The molecule has 8 nitrogen and oxygen atoms in total. The number of rotatable bonds is 9. The first-order valence-electron chi connectivity index (χ1n) is 7.40. The fraction of sp³-hybridized carbons (Fsp3) is 0.467. The zero-order chi connectivity index (χ0) is 20.0. The molecule has 11 heteroatoms. The van der Waals surface area contributed by atoms with E-state index in [2.05, 4.69) is 5.32 Å². The van der Waals surface area contributed by atoms with Crippen molar-refractivity contribution in [1.82, 2.24) is 5.32 Å². The lowest BCUT2D eigenvalue weighted by Gasteiger charge is -2.19. The van der Waals surface area contributed by atoms with Crippen LogP contribution in [0.25, 0.3) is 0 Å². The van der Waals surface area contributed by atoms with Gasteiger partial charge in [0.1, 0.15) is 5.75 Å². The number of carbonyl (C=O) groups is 2. The van der Waals surface area contributed by atoms with Crippen LogP contribution < -0.4 is 5.32 Å². The van der Waals surface area contributed by atoms with Crippen molar-refractivity contribution in [2.45, 2.75) is 12.5 Å². The molecule has 0 radical (unpaired) electrons. The minimum atomic E-state index is -0.872. The number of carbonyl (C=O) groups excluding carboxylic acids is 2. The highest BCUT2D eigenvalue weighted by Gasteiger charge is 2.29. The fourth-order valence-corrected chi connectivity index (χ4v) is 6.31.